The Bertz CT molecular complexity index is 444. The molecule has 0 spiro atoms. The number of halogens is 1. The van der Waals surface area contributed by atoms with E-state index >= 15 is 0 Å². The van der Waals surface area contributed by atoms with Crippen molar-refractivity contribution in [1.29, 1.82) is 0 Å². The largest absolute Gasteiger partial charge is 0.380 e. The molecule has 1 aromatic heterocycles. The molecule has 0 N–H and O–H groups in total. The molecule has 0 aromatic carbocycles. The van der Waals surface area contributed by atoms with Gasteiger partial charge in [0.2, 0.25) is 0 Å². The zero-order chi connectivity index (χ0) is 12.8. The van der Waals surface area contributed by atoms with Crippen LogP contribution in [0.5, 0.6) is 0 Å². The second kappa shape index (κ2) is 6.95. The van der Waals surface area contributed by atoms with Gasteiger partial charge < -0.3 is 9.30 Å². The van der Waals surface area contributed by atoms with Gasteiger partial charge >= 0.3 is 5.69 Å². The summed E-state index contributed by atoms with van der Waals surface area (Å²) in [5.74, 6) is 0. The zero-order valence-electron chi connectivity index (χ0n) is 10.1. The summed E-state index contributed by atoms with van der Waals surface area (Å²) in [6.45, 7) is 3.47. The first kappa shape index (κ1) is 14.4. The lowest BCUT2D eigenvalue weighted by Gasteiger charge is -2.08. The van der Waals surface area contributed by atoms with E-state index in [-0.39, 0.29) is 11.2 Å². The average molecular weight is 352 g/mol. The van der Waals surface area contributed by atoms with Crippen molar-refractivity contribution in [1.82, 2.24) is 9.13 Å². The quantitative estimate of drug-likeness (QED) is 0.566. The van der Waals surface area contributed by atoms with Crippen LogP contribution in [0.25, 0.3) is 0 Å². The van der Waals surface area contributed by atoms with Gasteiger partial charge in [0.1, 0.15) is 0 Å². The summed E-state index contributed by atoms with van der Waals surface area (Å²) >= 11 is 1.93. The molecular weight excluding hydrogens is 335 g/mol. The number of rotatable bonds is 6. The summed E-state index contributed by atoms with van der Waals surface area (Å²) < 4.78 is 8.53. The Kier molecular flexibility index (Phi) is 5.90. The number of hydrogen-bond acceptors (Lipinski definition) is 3. The van der Waals surface area contributed by atoms with Crippen molar-refractivity contribution < 1.29 is 4.74 Å². The lowest BCUT2D eigenvalue weighted by Crippen LogP contribution is -2.40. The van der Waals surface area contributed by atoms with Crippen LogP contribution < -0.4 is 11.2 Å². The van der Waals surface area contributed by atoms with E-state index < -0.39 is 0 Å². The lowest BCUT2D eigenvalue weighted by atomic mass is 10.4. The van der Waals surface area contributed by atoms with Crippen molar-refractivity contribution in [2.75, 3.05) is 13.2 Å². The van der Waals surface area contributed by atoms with Crippen LogP contribution in [0.15, 0.2) is 15.8 Å². The number of hydrogen-bond donors (Lipinski definition) is 0. The minimum Gasteiger partial charge on any atom is -0.380 e. The summed E-state index contributed by atoms with van der Waals surface area (Å²) in [6, 6.07) is 0. The van der Waals surface area contributed by atoms with E-state index in [4.69, 9.17) is 4.74 Å². The second-order valence-corrected chi connectivity index (χ2v) is 4.96. The van der Waals surface area contributed by atoms with Gasteiger partial charge in [0.25, 0.3) is 5.56 Å². The Balaban J connectivity index is 2.71. The van der Waals surface area contributed by atoms with Crippen molar-refractivity contribution in [3.8, 4) is 0 Å². The van der Waals surface area contributed by atoms with E-state index in [1.165, 1.54) is 9.13 Å². The molecule has 1 aromatic rings. The monoisotopic (exact) mass is 352 g/mol. The van der Waals surface area contributed by atoms with Gasteiger partial charge in [-0.3, -0.25) is 9.36 Å². The Morgan fingerprint density at radius 1 is 1.35 bits per heavy atom. The highest BCUT2D eigenvalue weighted by atomic mass is 127. The van der Waals surface area contributed by atoms with Crippen LogP contribution in [0.4, 0.5) is 0 Å². The minimum absolute atomic E-state index is 0.243. The molecule has 0 atom stereocenters. The summed E-state index contributed by atoms with van der Waals surface area (Å²) in [5, 5.41) is 0. The standard InChI is InChI=1S/C11H17IN2O3/c1-3-4-6-17-7-5-14-10(15)9(12)8-13(2)11(14)16/h8H,3-7H2,1-2H3. The van der Waals surface area contributed by atoms with E-state index in [9.17, 15) is 9.59 Å². The van der Waals surface area contributed by atoms with E-state index in [1.807, 2.05) is 22.6 Å². The summed E-state index contributed by atoms with van der Waals surface area (Å²) in [7, 11) is 1.64. The number of nitrogens with zero attached hydrogens (tertiary/aromatic N) is 2. The Morgan fingerprint density at radius 3 is 2.71 bits per heavy atom. The molecule has 96 valence electrons. The summed E-state index contributed by atoms with van der Waals surface area (Å²) in [5.41, 5.74) is -0.540. The van der Waals surface area contributed by atoms with Gasteiger partial charge in [-0.25, -0.2) is 4.79 Å². The molecule has 6 heteroatoms. The van der Waals surface area contributed by atoms with Gasteiger partial charge in [0.05, 0.1) is 16.7 Å². The third-order valence-electron chi connectivity index (χ3n) is 2.39. The first-order valence-corrected chi connectivity index (χ1v) is 6.69. The maximum atomic E-state index is 11.7. The van der Waals surface area contributed by atoms with Crippen LogP contribution >= 0.6 is 22.6 Å². The minimum atomic E-state index is -0.297. The second-order valence-electron chi connectivity index (χ2n) is 3.79. The molecule has 0 fully saturated rings. The third kappa shape index (κ3) is 3.95. The summed E-state index contributed by atoms with van der Waals surface area (Å²) in [6.07, 6.45) is 3.61. The maximum Gasteiger partial charge on any atom is 0.330 e. The first-order valence-electron chi connectivity index (χ1n) is 5.61. The molecule has 0 aliphatic heterocycles. The molecule has 17 heavy (non-hydrogen) atoms. The van der Waals surface area contributed by atoms with Crippen molar-refractivity contribution in [3.63, 3.8) is 0 Å². The first-order chi connectivity index (χ1) is 8.07. The highest BCUT2D eigenvalue weighted by molar-refractivity contribution is 14.1. The molecule has 0 saturated heterocycles. The van der Waals surface area contributed by atoms with E-state index in [0.717, 1.165) is 12.8 Å². The van der Waals surface area contributed by atoms with Gasteiger partial charge in [-0.05, 0) is 29.0 Å². The molecule has 0 aliphatic rings. The molecule has 0 amide bonds. The van der Waals surface area contributed by atoms with Crippen LogP contribution in [-0.4, -0.2) is 22.3 Å². The smallest absolute Gasteiger partial charge is 0.330 e. The van der Waals surface area contributed by atoms with E-state index in [0.29, 0.717) is 23.3 Å². The normalized spacial score (nSPS) is 10.8. The molecule has 1 heterocycles. The highest BCUT2D eigenvalue weighted by Crippen LogP contribution is 1.93. The molecular formula is C11H17IN2O3. The van der Waals surface area contributed by atoms with Crippen molar-refractivity contribution in [2.45, 2.75) is 26.3 Å². The molecule has 0 aliphatic carbocycles. The van der Waals surface area contributed by atoms with Gasteiger partial charge in [0, 0.05) is 19.9 Å². The van der Waals surface area contributed by atoms with Gasteiger partial charge in [-0.15, -0.1) is 0 Å². The molecule has 5 nitrogen and oxygen atoms in total. The predicted octanol–water partition coefficient (Wildman–Crippen LogP) is 0.968. The molecule has 0 radical (unpaired) electrons. The lowest BCUT2D eigenvalue weighted by molar-refractivity contribution is 0.121. The predicted molar refractivity (Wildman–Crippen MR) is 74.4 cm³/mol. The van der Waals surface area contributed by atoms with E-state index in [2.05, 4.69) is 6.92 Å². The number of aromatic nitrogens is 2. The summed E-state index contributed by atoms with van der Waals surface area (Å²) in [4.78, 5) is 23.5. The topological polar surface area (TPSA) is 53.2 Å². The average Bonchev–Trinajstić information content (AvgIpc) is 2.30. The van der Waals surface area contributed by atoms with Crippen LogP contribution in [0.1, 0.15) is 19.8 Å². The third-order valence-corrected chi connectivity index (χ3v) is 3.13. The van der Waals surface area contributed by atoms with Crippen molar-refractivity contribution >= 4 is 22.6 Å². The highest BCUT2D eigenvalue weighted by Gasteiger charge is 2.06. The fourth-order valence-electron chi connectivity index (χ4n) is 1.39. The molecule has 0 unspecified atom stereocenters. The van der Waals surface area contributed by atoms with Crippen LogP contribution in [0, 0.1) is 3.57 Å². The van der Waals surface area contributed by atoms with Gasteiger partial charge in [-0.2, -0.15) is 0 Å². The van der Waals surface area contributed by atoms with E-state index in [1.54, 1.807) is 13.2 Å². The van der Waals surface area contributed by atoms with Gasteiger partial charge in [0.15, 0.2) is 0 Å². The number of unbranched alkanes of at least 4 members (excludes halogenated alkanes) is 1. The molecule has 0 bridgehead atoms. The number of aryl methyl sites for hydroxylation is 1. The number of ether oxygens (including phenoxy) is 1. The SMILES string of the molecule is CCCCOCCn1c(=O)c(I)cn(C)c1=O. The van der Waals surface area contributed by atoms with Gasteiger partial charge in [-0.1, -0.05) is 13.3 Å². The maximum absolute atomic E-state index is 11.7. The van der Waals surface area contributed by atoms with Crippen LogP contribution in [0.2, 0.25) is 0 Å². The van der Waals surface area contributed by atoms with Crippen LogP contribution in [-0.2, 0) is 18.3 Å². The molecule has 1 rings (SSSR count). The Morgan fingerprint density at radius 2 is 2.06 bits per heavy atom. The fraction of sp³-hybridized carbons (Fsp3) is 0.636. The van der Waals surface area contributed by atoms with Crippen LogP contribution in [0.3, 0.4) is 0 Å². The molecule has 0 saturated carbocycles. The van der Waals surface area contributed by atoms with Crippen molar-refractivity contribution in [3.05, 3.63) is 30.6 Å². The Hall–Kier alpha value is -0.630. The van der Waals surface area contributed by atoms with Crippen molar-refractivity contribution in [2.24, 2.45) is 7.05 Å². The Labute approximate surface area is 114 Å². The fourth-order valence-corrected chi connectivity index (χ4v) is 2.10. The zero-order valence-corrected chi connectivity index (χ0v) is 12.3.